The minimum absolute atomic E-state index is 0.0103. The fourth-order valence-corrected chi connectivity index (χ4v) is 4.00. The highest BCUT2D eigenvalue weighted by Gasteiger charge is 2.19. The molecule has 0 unspecified atom stereocenters. The van der Waals surface area contributed by atoms with Crippen molar-refractivity contribution in [3.8, 4) is 5.75 Å². The van der Waals surface area contributed by atoms with E-state index in [1.165, 1.54) is 17.8 Å². The van der Waals surface area contributed by atoms with Crippen molar-refractivity contribution in [2.75, 3.05) is 25.0 Å². The number of ether oxygens (including phenoxy) is 1. The van der Waals surface area contributed by atoms with Crippen molar-refractivity contribution in [3.63, 3.8) is 0 Å². The summed E-state index contributed by atoms with van der Waals surface area (Å²) in [6.45, 7) is 0.797. The zero-order valence-electron chi connectivity index (χ0n) is 20.9. The molecular formula is C25H29N7O6S. The molecule has 0 aliphatic carbocycles. The lowest BCUT2D eigenvalue weighted by molar-refractivity contribution is -0.137. The molecule has 3 rings (SSSR count). The van der Waals surface area contributed by atoms with Gasteiger partial charge < -0.3 is 31.5 Å². The number of rotatable bonds is 14. The van der Waals surface area contributed by atoms with Crippen LogP contribution in [0.1, 0.15) is 40.5 Å². The predicted molar refractivity (Wildman–Crippen MR) is 143 cm³/mol. The number of carboxylic acids is 1. The summed E-state index contributed by atoms with van der Waals surface area (Å²) in [6.07, 6.45) is 3.36. The summed E-state index contributed by atoms with van der Waals surface area (Å²) in [5, 5.41) is 21.1. The van der Waals surface area contributed by atoms with E-state index >= 15 is 0 Å². The molecule has 0 aliphatic heterocycles. The standard InChI is InChI=1S/C25H29N7O6S/c26-8-4-10-38-20-7-2-1-5-17(20)13-29-24(37)32-25-31-19(15-39-25)23(36)28-14-21(33)30-18(11-22(34)35)16-6-3-9-27-12-16/h1-3,5-7,9,12,15,18H,4,8,10-11,13-14,26H2,(H,28,36)(H,30,33)(H,34,35)(H2,29,31,32,37)/t18-/m1/s1. The van der Waals surface area contributed by atoms with E-state index in [9.17, 15) is 19.2 Å². The van der Waals surface area contributed by atoms with Crippen molar-refractivity contribution in [1.29, 1.82) is 0 Å². The molecule has 2 aromatic heterocycles. The molecule has 0 saturated heterocycles. The second-order valence-corrected chi connectivity index (χ2v) is 8.99. The predicted octanol–water partition coefficient (Wildman–Crippen LogP) is 1.65. The van der Waals surface area contributed by atoms with Crippen molar-refractivity contribution in [2.45, 2.75) is 25.4 Å². The first-order valence-corrected chi connectivity index (χ1v) is 12.8. The van der Waals surface area contributed by atoms with E-state index in [1.54, 1.807) is 12.1 Å². The van der Waals surface area contributed by atoms with Crippen LogP contribution in [0.5, 0.6) is 5.75 Å². The summed E-state index contributed by atoms with van der Waals surface area (Å²) in [6, 6.07) is 9.26. The van der Waals surface area contributed by atoms with E-state index in [4.69, 9.17) is 15.6 Å². The van der Waals surface area contributed by atoms with Crippen molar-refractivity contribution < 1.29 is 29.0 Å². The summed E-state index contributed by atoms with van der Waals surface area (Å²) in [5.41, 5.74) is 6.81. The zero-order valence-corrected chi connectivity index (χ0v) is 21.7. The number of carbonyl (C=O) groups is 4. The van der Waals surface area contributed by atoms with Crippen LogP contribution in [0, 0.1) is 0 Å². The van der Waals surface area contributed by atoms with Gasteiger partial charge in [-0.2, -0.15) is 0 Å². The number of pyridine rings is 1. The highest BCUT2D eigenvalue weighted by molar-refractivity contribution is 7.14. The molecule has 13 nitrogen and oxygen atoms in total. The fraction of sp³-hybridized carbons (Fsp3) is 0.280. The Hall–Kier alpha value is -4.56. The first kappa shape index (κ1) is 29.0. The van der Waals surface area contributed by atoms with Gasteiger partial charge >= 0.3 is 12.0 Å². The lowest BCUT2D eigenvalue weighted by atomic mass is 10.1. The number of nitrogens with one attached hydrogen (secondary N) is 4. The molecule has 3 aromatic rings. The van der Waals surface area contributed by atoms with Crippen molar-refractivity contribution in [1.82, 2.24) is 25.9 Å². The number of urea groups is 1. The van der Waals surface area contributed by atoms with E-state index in [1.807, 2.05) is 24.3 Å². The molecule has 0 spiro atoms. The first-order valence-electron chi connectivity index (χ1n) is 12.0. The maximum Gasteiger partial charge on any atom is 0.321 e. The van der Waals surface area contributed by atoms with Crippen LogP contribution in [-0.2, 0) is 16.1 Å². The van der Waals surface area contributed by atoms with Crippen LogP contribution < -0.4 is 31.7 Å². The van der Waals surface area contributed by atoms with Crippen molar-refractivity contribution in [3.05, 3.63) is 71.0 Å². The topological polar surface area (TPSA) is 198 Å². The number of para-hydroxylation sites is 1. The van der Waals surface area contributed by atoms with Gasteiger partial charge in [0.2, 0.25) is 5.91 Å². The number of anilines is 1. The number of aromatic nitrogens is 2. The molecule has 0 fully saturated rings. The average Bonchev–Trinajstić information content (AvgIpc) is 3.39. The third-order valence-corrected chi connectivity index (χ3v) is 5.94. The maximum absolute atomic E-state index is 12.4. The quantitative estimate of drug-likeness (QED) is 0.160. The molecule has 39 heavy (non-hydrogen) atoms. The molecule has 1 atom stereocenters. The van der Waals surface area contributed by atoms with Crippen LogP contribution >= 0.6 is 11.3 Å². The number of nitrogens with zero attached hydrogens (tertiary/aromatic N) is 2. The summed E-state index contributed by atoms with van der Waals surface area (Å²) >= 11 is 1.04. The Morgan fingerprint density at radius 3 is 2.67 bits per heavy atom. The highest BCUT2D eigenvalue weighted by Crippen LogP contribution is 2.19. The van der Waals surface area contributed by atoms with E-state index in [0.29, 0.717) is 30.9 Å². The van der Waals surface area contributed by atoms with Gasteiger partial charge in [-0.3, -0.25) is 24.7 Å². The first-order chi connectivity index (χ1) is 18.9. The molecule has 0 aliphatic rings. The minimum Gasteiger partial charge on any atom is -0.493 e. The molecule has 206 valence electrons. The highest BCUT2D eigenvalue weighted by atomic mass is 32.1. The molecule has 14 heteroatoms. The molecule has 4 amide bonds. The number of aliphatic carboxylic acids is 1. The van der Waals surface area contributed by atoms with Gasteiger partial charge in [0.25, 0.3) is 5.91 Å². The lowest BCUT2D eigenvalue weighted by Crippen LogP contribution is -2.39. The fourth-order valence-electron chi connectivity index (χ4n) is 3.31. The Labute approximate surface area is 228 Å². The number of thiazole rings is 1. The molecule has 0 bridgehead atoms. The zero-order chi connectivity index (χ0) is 28.0. The van der Waals surface area contributed by atoms with Gasteiger partial charge in [0.15, 0.2) is 5.13 Å². The molecule has 7 N–H and O–H groups in total. The Morgan fingerprint density at radius 2 is 1.92 bits per heavy atom. The normalized spacial score (nSPS) is 11.2. The molecule has 0 radical (unpaired) electrons. The van der Waals surface area contributed by atoms with Gasteiger partial charge in [0.05, 0.1) is 25.6 Å². The lowest BCUT2D eigenvalue weighted by Gasteiger charge is -2.17. The maximum atomic E-state index is 12.4. The van der Waals surface area contributed by atoms with Crippen LogP contribution in [0.4, 0.5) is 9.93 Å². The third-order valence-electron chi connectivity index (χ3n) is 5.19. The van der Waals surface area contributed by atoms with Crippen LogP contribution in [0.2, 0.25) is 0 Å². The summed E-state index contributed by atoms with van der Waals surface area (Å²) in [5.74, 6) is -1.66. The van der Waals surface area contributed by atoms with Gasteiger partial charge in [-0.25, -0.2) is 9.78 Å². The van der Waals surface area contributed by atoms with Crippen LogP contribution in [0.25, 0.3) is 0 Å². The van der Waals surface area contributed by atoms with Crippen molar-refractivity contribution in [2.24, 2.45) is 5.73 Å². The van der Waals surface area contributed by atoms with Gasteiger partial charge in [-0.15, -0.1) is 11.3 Å². The largest absolute Gasteiger partial charge is 0.493 e. The van der Waals surface area contributed by atoms with E-state index in [2.05, 4.69) is 31.2 Å². The SMILES string of the molecule is NCCCOc1ccccc1CNC(=O)Nc1nc(C(=O)NCC(=O)N[C@H](CC(=O)O)c2cccnc2)cs1. The van der Waals surface area contributed by atoms with E-state index < -0.39 is 36.4 Å². The number of hydrogen-bond donors (Lipinski definition) is 6. The second kappa shape index (κ2) is 15.0. The minimum atomic E-state index is -1.10. The number of carboxylic acid groups (broad SMARTS) is 1. The number of nitrogens with two attached hydrogens (primary N) is 1. The average molecular weight is 556 g/mol. The van der Waals surface area contributed by atoms with E-state index in [-0.39, 0.29) is 23.8 Å². The number of benzene rings is 1. The summed E-state index contributed by atoms with van der Waals surface area (Å²) < 4.78 is 5.69. The third kappa shape index (κ3) is 9.68. The smallest absolute Gasteiger partial charge is 0.321 e. The second-order valence-electron chi connectivity index (χ2n) is 8.13. The Bertz CT molecular complexity index is 1270. The van der Waals surface area contributed by atoms with E-state index in [0.717, 1.165) is 16.9 Å². The number of carbonyl (C=O) groups excluding carboxylic acids is 3. The number of hydrogen-bond acceptors (Lipinski definition) is 9. The van der Waals surface area contributed by atoms with Crippen LogP contribution in [-0.4, -0.2) is 58.6 Å². The monoisotopic (exact) mass is 555 g/mol. The molecular weight excluding hydrogens is 526 g/mol. The van der Waals surface area contributed by atoms with Gasteiger partial charge in [-0.1, -0.05) is 24.3 Å². The van der Waals surface area contributed by atoms with Crippen LogP contribution in [0.3, 0.4) is 0 Å². The summed E-state index contributed by atoms with van der Waals surface area (Å²) in [7, 11) is 0. The molecule has 1 aromatic carbocycles. The van der Waals surface area contributed by atoms with Crippen molar-refractivity contribution >= 4 is 40.3 Å². The Morgan fingerprint density at radius 1 is 1.10 bits per heavy atom. The summed E-state index contributed by atoms with van der Waals surface area (Å²) in [4.78, 5) is 56.3. The molecule has 0 saturated carbocycles. The van der Waals surface area contributed by atoms with Gasteiger partial charge in [-0.05, 0) is 30.7 Å². The molecule has 2 heterocycles. The number of amides is 4. The Kier molecular flexibility index (Phi) is 11.2. The van der Waals surface area contributed by atoms with Crippen LogP contribution in [0.15, 0.2) is 54.2 Å². The van der Waals surface area contributed by atoms with Gasteiger partial charge in [0, 0.05) is 29.9 Å². The Balaban J connectivity index is 1.46. The van der Waals surface area contributed by atoms with Gasteiger partial charge in [0.1, 0.15) is 11.4 Å².